The lowest BCUT2D eigenvalue weighted by Gasteiger charge is -2.18. The molecule has 0 aliphatic heterocycles. The molecule has 0 spiro atoms. The Morgan fingerprint density at radius 3 is 2.25 bits per heavy atom. The molecule has 1 atom stereocenters. The SMILES string of the molecule is CCCNC(=O)C(CCCCCCCN)NCCCN. The maximum atomic E-state index is 12.0. The molecule has 1 unspecified atom stereocenters. The fourth-order valence-electron chi connectivity index (χ4n) is 2.10. The summed E-state index contributed by atoms with van der Waals surface area (Å²) in [6.45, 7) is 5.07. The summed E-state index contributed by atoms with van der Waals surface area (Å²) in [6, 6.07) is -0.0670. The Balaban J connectivity index is 3.87. The smallest absolute Gasteiger partial charge is 0.237 e. The number of rotatable bonds is 14. The molecule has 0 saturated carbocycles. The summed E-state index contributed by atoms with van der Waals surface area (Å²) in [7, 11) is 0. The molecular weight excluding hydrogens is 252 g/mol. The van der Waals surface area contributed by atoms with E-state index in [1.165, 1.54) is 19.3 Å². The molecule has 5 nitrogen and oxygen atoms in total. The Hall–Kier alpha value is -0.650. The van der Waals surface area contributed by atoms with Crippen molar-refractivity contribution in [1.29, 1.82) is 0 Å². The van der Waals surface area contributed by atoms with Gasteiger partial charge in [-0.3, -0.25) is 4.79 Å². The van der Waals surface area contributed by atoms with Crippen molar-refractivity contribution in [2.24, 2.45) is 11.5 Å². The summed E-state index contributed by atoms with van der Waals surface area (Å²) in [4.78, 5) is 12.0. The summed E-state index contributed by atoms with van der Waals surface area (Å²) in [6.07, 6.45) is 8.57. The van der Waals surface area contributed by atoms with Crippen LogP contribution in [0.15, 0.2) is 0 Å². The number of carbonyl (C=O) groups excluding carboxylic acids is 1. The maximum absolute atomic E-state index is 12.0. The van der Waals surface area contributed by atoms with E-state index in [1.807, 2.05) is 0 Å². The van der Waals surface area contributed by atoms with Crippen LogP contribution in [0.2, 0.25) is 0 Å². The third-order valence-corrected chi connectivity index (χ3v) is 3.33. The van der Waals surface area contributed by atoms with Gasteiger partial charge in [-0.2, -0.15) is 0 Å². The predicted molar refractivity (Wildman–Crippen MR) is 85.5 cm³/mol. The van der Waals surface area contributed by atoms with Crippen LogP contribution in [-0.2, 0) is 4.79 Å². The Labute approximate surface area is 124 Å². The largest absolute Gasteiger partial charge is 0.355 e. The number of hydrogen-bond acceptors (Lipinski definition) is 4. The number of nitrogens with one attached hydrogen (secondary N) is 2. The molecule has 0 heterocycles. The Morgan fingerprint density at radius 2 is 1.60 bits per heavy atom. The van der Waals surface area contributed by atoms with Crippen LogP contribution in [0.25, 0.3) is 0 Å². The van der Waals surface area contributed by atoms with Crippen LogP contribution in [0, 0.1) is 0 Å². The van der Waals surface area contributed by atoms with Crippen LogP contribution in [0.3, 0.4) is 0 Å². The molecule has 0 bridgehead atoms. The van der Waals surface area contributed by atoms with Gasteiger partial charge in [-0.25, -0.2) is 0 Å². The highest BCUT2D eigenvalue weighted by Crippen LogP contribution is 2.07. The van der Waals surface area contributed by atoms with Gasteiger partial charge in [0, 0.05) is 6.54 Å². The molecule has 1 amide bonds. The fraction of sp³-hybridized carbons (Fsp3) is 0.933. The Kier molecular flexibility index (Phi) is 14.3. The van der Waals surface area contributed by atoms with E-state index in [2.05, 4.69) is 17.6 Å². The fourth-order valence-corrected chi connectivity index (χ4v) is 2.10. The molecule has 0 aliphatic carbocycles. The van der Waals surface area contributed by atoms with E-state index in [0.29, 0.717) is 6.54 Å². The van der Waals surface area contributed by atoms with Crippen molar-refractivity contribution in [3.05, 3.63) is 0 Å². The van der Waals surface area contributed by atoms with Crippen LogP contribution in [0.5, 0.6) is 0 Å². The van der Waals surface area contributed by atoms with Gasteiger partial charge >= 0.3 is 0 Å². The van der Waals surface area contributed by atoms with E-state index in [1.54, 1.807) is 0 Å². The Bertz CT molecular complexity index is 224. The topological polar surface area (TPSA) is 93.2 Å². The van der Waals surface area contributed by atoms with Crippen LogP contribution in [-0.4, -0.2) is 38.1 Å². The van der Waals surface area contributed by atoms with Gasteiger partial charge in [0.25, 0.3) is 0 Å². The first-order valence-electron chi connectivity index (χ1n) is 8.17. The molecule has 0 fully saturated rings. The quantitative estimate of drug-likeness (QED) is 0.360. The van der Waals surface area contributed by atoms with Gasteiger partial charge in [0.2, 0.25) is 5.91 Å². The molecule has 0 radical (unpaired) electrons. The maximum Gasteiger partial charge on any atom is 0.237 e. The van der Waals surface area contributed by atoms with E-state index in [4.69, 9.17) is 11.5 Å². The van der Waals surface area contributed by atoms with Crippen molar-refractivity contribution < 1.29 is 4.79 Å². The molecule has 0 aromatic rings. The second-order valence-electron chi connectivity index (χ2n) is 5.29. The normalized spacial score (nSPS) is 12.3. The minimum absolute atomic E-state index is 0.0670. The predicted octanol–water partition coefficient (Wildman–Crippen LogP) is 1.12. The van der Waals surface area contributed by atoms with E-state index >= 15 is 0 Å². The second-order valence-corrected chi connectivity index (χ2v) is 5.29. The van der Waals surface area contributed by atoms with Gasteiger partial charge in [-0.1, -0.05) is 32.6 Å². The van der Waals surface area contributed by atoms with Crippen LogP contribution in [0.4, 0.5) is 0 Å². The lowest BCUT2D eigenvalue weighted by Crippen LogP contribution is -2.45. The van der Waals surface area contributed by atoms with E-state index in [9.17, 15) is 4.79 Å². The second kappa shape index (κ2) is 14.8. The summed E-state index contributed by atoms with van der Waals surface area (Å²) in [5.41, 5.74) is 11.0. The van der Waals surface area contributed by atoms with Crippen LogP contribution >= 0.6 is 0 Å². The zero-order chi connectivity index (χ0) is 15.1. The average molecular weight is 286 g/mol. The lowest BCUT2D eigenvalue weighted by atomic mass is 10.1. The molecule has 0 aromatic carbocycles. The minimum atomic E-state index is -0.0670. The van der Waals surface area contributed by atoms with Gasteiger partial charge in [-0.05, 0) is 45.3 Å². The van der Waals surface area contributed by atoms with Gasteiger partial charge in [0.15, 0.2) is 0 Å². The third kappa shape index (κ3) is 11.2. The molecule has 20 heavy (non-hydrogen) atoms. The van der Waals surface area contributed by atoms with Crippen molar-refractivity contribution in [3.8, 4) is 0 Å². The lowest BCUT2D eigenvalue weighted by molar-refractivity contribution is -0.123. The zero-order valence-electron chi connectivity index (χ0n) is 13.1. The molecule has 5 heteroatoms. The molecule has 0 rings (SSSR count). The standard InChI is InChI=1S/C15H34N4O/c1-2-12-19-15(20)14(18-13-8-11-17)9-6-4-3-5-7-10-16/h14,18H,2-13,16-17H2,1H3,(H,19,20). The van der Waals surface area contributed by atoms with Crippen LogP contribution < -0.4 is 22.1 Å². The summed E-state index contributed by atoms with van der Waals surface area (Å²) in [5, 5.41) is 6.29. The van der Waals surface area contributed by atoms with Crippen molar-refractivity contribution in [3.63, 3.8) is 0 Å². The van der Waals surface area contributed by atoms with Gasteiger partial charge in [0.05, 0.1) is 6.04 Å². The minimum Gasteiger partial charge on any atom is -0.355 e. The first-order valence-corrected chi connectivity index (χ1v) is 8.17. The molecule has 6 N–H and O–H groups in total. The number of nitrogens with two attached hydrogens (primary N) is 2. The van der Waals surface area contributed by atoms with Crippen molar-refractivity contribution >= 4 is 5.91 Å². The highest BCUT2D eigenvalue weighted by Gasteiger charge is 2.16. The molecular formula is C15H34N4O. The number of hydrogen-bond donors (Lipinski definition) is 4. The van der Waals surface area contributed by atoms with Crippen LogP contribution in [0.1, 0.15) is 58.3 Å². The zero-order valence-corrected chi connectivity index (χ0v) is 13.1. The summed E-state index contributed by atoms with van der Waals surface area (Å²) < 4.78 is 0. The average Bonchev–Trinajstić information content (AvgIpc) is 2.46. The van der Waals surface area contributed by atoms with E-state index in [-0.39, 0.29) is 11.9 Å². The van der Waals surface area contributed by atoms with E-state index < -0.39 is 0 Å². The molecule has 0 aliphatic rings. The van der Waals surface area contributed by atoms with Gasteiger partial charge in [-0.15, -0.1) is 0 Å². The number of carbonyl (C=O) groups is 1. The molecule has 120 valence electrons. The van der Waals surface area contributed by atoms with Gasteiger partial charge in [0.1, 0.15) is 0 Å². The van der Waals surface area contributed by atoms with E-state index in [0.717, 1.165) is 51.7 Å². The molecule has 0 saturated heterocycles. The monoisotopic (exact) mass is 286 g/mol. The first kappa shape index (κ1) is 19.4. The number of unbranched alkanes of at least 4 members (excludes halogenated alkanes) is 4. The van der Waals surface area contributed by atoms with Crippen molar-refractivity contribution in [2.75, 3.05) is 26.2 Å². The highest BCUT2D eigenvalue weighted by atomic mass is 16.2. The third-order valence-electron chi connectivity index (χ3n) is 3.33. The summed E-state index contributed by atoms with van der Waals surface area (Å²) in [5.74, 6) is 0.130. The molecule has 0 aromatic heterocycles. The first-order chi connectivity index (χ1) is 9.76. The van der Waals surface area contributed by atoms with Crippen molar-refractivity contribution in [2.45, 2.75) is 64.3 Å². The highest BCUT2D eigenvalue weighted by molar-refractivity contribution is 5.81. The number of amides is 1. The van der Waals surface area contributed by atoms with Crippen molar-refractivity contribution in [1.82, 2.24) is 10.6 Å². The summed E-state index contributed by atoms with van der Waals surface area (Å²) >= 11 is 0. The van der Waals surface area contributed by atoms with Gasteiger partial charge < -0.3 is 22.1 Å². The Morgan fingerprint density at radius 1 is 0.950 bits per heavy atom.